The lowest BCUT2D eigenvalue weighted by molar-refractivity contribution is 0.355. The monoisotopic (exact) mass is 281 g/mol. The van der Waals surface area contributed by atoms with Crippen molar-refractivity contribution in [1.29, 1.82) is 0 Å². The highest BCUT2D eigenvalue weighted by molar-refractivity contribution is 5.82. The minimum absolute atomic E-state index is 0.426. The molecule has 3 nitrogen and oxygen atoms in total. The molecule has 1 aliphatic heterocycles. The molecular formula is C18H19NO2. The van der Waals surface area contributed by atoms with E-state index in [1.165, 1.54) is 27.8 Å². The van der Waals surface area contributed by atoms with E-state index in [1.54, 1.807) is 14.2 Å². The van der Waals surface area contributed by atoms with Crippen molar-refractivity contribution in [2.24, 2.45) is 0 Å². The first-order valence-electron chi connectivity index (χ1n) is 7.43. The first-order chi connectivity index (χ1) is 10.3. The molecule has 0 fully saturated rings. The van der Waals surface area contributed by atoms with Crippen LogP contribution in [0, 0.1) is 0 Å². The minimum atomic E-state index is 0.426. The molecule has 3 heteroatoms. The van der Waals surface area contributed by atoms with Crippen molar-refractivity contribution >= 4 is 0 Å². The van der Waals surface area contributed by atoms with Gasteiger partial charge in [-0.05, 0) is 47.7 Å². The van der Waals surface area contributed by atoms with E-state index in [-0.39, 0.29) is 0 Å². The van der Waals surface area contributed by atoms with Gasteiger partial charge in [0.1, 0.15) is 0 Å². The molecule has 2 aromatic carbocycles. The summed E-state index contributed by atoms with van der Waals surface area (Å²) in [6, 6.07) is 11.2. The summed E-state index contributed by atoms with van der Waals surface area (Å²) in [5.41, 5.74) is 6.74. The number of ether oxygens (including phenoxy) is 2. The van der Waals surface area contributed by atoms with Crippen LogP contribution in [0.25, 0.3) is 11.1 Å². The smallest absolute Gasteiger partial charge is 0.168 e. The first kappa shape index (κ1) is 12.7. The van der Waals surface area contributed by atoms with E-state index in [2.05, 4.69) is 29.6 Å². The van der Waals surface area contributed by atoms with Crippen LogP contribution in [-0.4, -0.2) is 20.8 Å². The second-order valence-electron chi connectivity index (χ2n) is 5.67. The highest BCUT2D eigenvalue weighted by atomic mass is 16.5. The summed E-state index contributed by atoms with van der Waals surface area (Å²) in [5.74, 6) is 1.66. The van der Waals surface area contributed by atoms with Crippen molar-refractivity contribution in [3.05, 3.63) is 47.0 Å². The number of benzene rings is 2. The molecule has 0 bridgehead atoms. The molecule has 0 aromatic heterocycles. The van der Waals surface area contributed by atoms with Gasteiger partial charge in [-0.2, -0.15) is 0 Å². The third kappa shape index (κ3) is 1.77. The maximum atomic E-state index is 5.67. The Hall–Kier alpha value is -2.00. The fraction of sp³-hybridized carbons (Fsp3) is 0.333. The number of hydrogen-bond donors (Lipinski definition) is 1. The average molecular weight is 281 g/mol. The molecule has 21 heavy (non-hydrogen) atoms. The lowest BCUT2D eigenvalue weighted by atomic mass is 9.77. The maximum absolute atomic E-state index is 5.67. The van der Waals surface area contributed by atoms with Gasteiger partial charge in [0.2, 0.25) is 0 Å². The van der Waals surface area contributed by atoms with Gasteiger partial charge in [0, 0.05) is 11.6 Å². The Morgan fingerprint density at radius 3 is 2.76 bits per heavy atom. The maximum Gasteiger partial charge on any atom is 0.168 e. The second kappa shape index (κ2) is 4.78. The van der Waals surface area contributed by atoms with E-state index in [9.17, 15) is 0 Å². The fourth-order valence-electron chi connectivity index (χ4n) is 3.77. The van der Waals surface area contributed by atoms with Crippen molar-refractivity contribution in [3.8, 4) is 22.6 Å². The van der Waals surface area contributed by atoms with Gasteiger partial charge in [-0.1, -0.05) is 24.3 Å². The topological polar surface area (TPSA) is 30.5 Å². The van der Waals surface area contributed by atoms with Crippen LogP contribution < -0.4 is 14.8 Å². The molecule has 108 valence electrons. The van der Waals surface area contributed by atoms with Crippen molar-refractivity contribution in [2.75, 3.05) is 20.8 Å². The predicted molar refractivity (Wildman–Crippen MR) is 83.1 cm³/mol. The standard InChI is InChI=1S/C18H19NO2/c1-20-15-7-6-12-10-14-16-11(8-9-19-14)4-3-5-13(16)17(12)18(15)21-2/h3-7,14,19H,8-10H2,1-2H3. The van der Waals surface area contributed by atoms with Gasteiger partial charge in [0.25, 0.3) is 0 Å². The van der Waals surface area contributed by atoms with Gasteiger partial charge >= 0.3 is 0 Å². The molecule has 0 radical (unpaired) electrons. The third-order valence-corrected chi connectivity index (χ3v) is 4.66. The number of rotatable bonds is 2. The summed E-state index contributed by atoms with van der Waals surface area (Å²) < 4.78 is 11.1. The highest BCUT2D eigenvalue weighted by Crippen LogP contribution is 2.48. The second-order valence-corrected chi connectivity index (χ2v) is 5.67. The number of fused-ring (bicyclic) bond motifs is 2. The Balaban J connectivity index is 2.03. The largest absolute Gasteiger partial charge is 0.493 e. The van der Waals surface area contributed by atoms with Crippen LogP contribution in [0.3, 0.4) is 0 Å². The Kier molecular flexibility index (Phi) is 2.89. The molecule has 1 unspecified atom stereocenters. The van der Waals surface area contributed by atoms with Gasteiger partial charge in [-0.15, -0.1) is 0 Å². The normalized spacial score (nSPS) is 18.7. The average Bonchev–Trinajstić information content (AvgIpc) is 2.54. The van der Waals surface area contributed by atoms with Crippen LogP contribution in [0.5, 0.6) is 11.5 Å². The minimum Gasteiger partial charge on any atom is -0.493 e. The lowest BCUT2D eigenvalue weighted by Gasteiger charge is -2.35. The molecule has 2 aromatic rings. The lowest BCUT2D eigenvalue weighted by Crippen LogP contribution is -2.33. The number of nitrogens with one attached hydrogen (secondary N) is 1. The summed E-state index contributed by atoms with van der Waals surface area (Å²) in [6.07, 6.45) is 2.11. The van der Waals surface area contributed by atoms with E-state index in [4.69, 9.17) is 9.47 Å². The summed E-state index contributed by atoms with van der Waals surface area (Å²) in [7, 11) is 3.41. The quantitative estimate of drug-likeness (QED) is 0.917. The molecule has 1 N–H and O–H groups in total. The van der Waals surface area contributed by atoms with Gasteiger partial charge in [-0.3, -0.25) is 0 Å². The van der Waals surface area contributed by atoms with Crippen LogP contribution in [0.4, 0.5) is 0 Å². The predicted octanol–water partition coefficient (Wildman–Crippen LogP) is 3.11. The zero-order chi connectivity index (χ0) is 14.4. The third-order valence-electron chi connectivity index (χ3n) is 4.66. The molecule has 0 saturated carbocycles. The SMILES string of the molecule is COc1ccc2c(c1OC)-c1cccc3c1C(C2)NCC3. The molecular weight excluding hydrogens is 262 g/mol. The summed E-state index contributed by atoms with van der Waals surface area (Å²) in [5, 5.41) is 3.65. The molecule has 0 spiro atoms. The summed E-state index contributed by atoms with van der Waals surface area (Å²) >= 11 is 0. The van der Waals surface area contributed by atoms with Gasteiger partial charge < -0.3 is 14.8 Å². The zero-order valence-electron chi connectivity index (χ0n) is 12.4. The molecule has 0 amide bonds. The Morgan fingerprint density at radius 1 is 1.05 bits per heavy atom. The van der Waals surface area contributed by atoms with Crippen molar-refractivity contribution in [1.82, 2.24) is 5.32 Å². The number of hydrogen-bond acceptors (Lipinski definition) is 3. The Bertz CT molecular complexity index is 709. The van der Waals surface area contributed by atoms with Crippen molar-refractivity contribution in [3.63, 3.8) is 0 Å². The van der Waals surface area contributed by atoms with Crippen LogP contribution in [0.2, 0.25) is 0 Å². The molecule has 4 rings (SSSR count). The molecule has 2 aliphatic rings. The van der Waals surface area contributed by atoms with Crippen molar-refractivity contribution in [2.45, 2.75) is 18.9 Å². The van der Waals surface area contributed by atoms with E-state index in [0.717, 1.165) is 30.9 Å². The van der Waals surface area contributed by atoms with Crippen molar-refractivity contribution < 1.29 is 9.47 Å². The zero-order valence-corrected chi connectivity index (χ0v) is 12.4. The van der Waals surface area contributed by atoms with E-state index in [1.807, 2.05) is 6.07 Å². The van der Waals surface area contributed by atoms with E-state index in [0.29, 0.717) is 6.04 Å². The number of methoxy groups -OCH3 is 2. The molecule has 1 heterocycles. The fourth-order valence-corrected chi connectivity index (χ4v) is 3.77. The van der Waals surface area contributed by atoms with Gasteiger partial charge in [-0.25, -0.2) is 0 Å². The van der Waals surface area contributed by atoms with Gasteiger partial charge in [0.15, 0.2) is 11.5 Å². The molecule has 1 atom stereocenters. The molecule has 0 saturated heterocycles. The first-order valence-corrected chi connectivity index (χ1v) is 7.43. The van der Waals surface area contributed by atoms with Gasteiger partial charge in [0.05, 0.1) is 14.2 Å². The van der Waals surface area contributed by atoms with E-state index < -0.39 is 0 Å². The van der Waals surface area contributed by atoms with Crippen LogP contribution in [-0.2, 0) is 12.8 Å². The Morgan fingerprint density at radius 2 is 1.95 bits per heavy atom. The van der Waals surface area contributed by atoms with Crippen LogP contribution in [0.1, 0.15) is 22.7 Å². The summed E-state index contributed by atoms with van der Waals surface area (Å²) in [4.78, 5) is 0. The van der Waals surface area contributed by atoms with Crippen LogP contribution >= 0.6 is 0 Å². The highest BCUT2D eigenvalue weighted by Gasteiger charge is 2.31. The molecule has 1 aliphatic carbocycles. The van der Waals surface area contributed by atoms with E-state index >= 15 is 0 Å². The summed E-state index contributed by atoms with van der Waals surface area (Å²) in [6.45, 7) is 1.06. The Labute approximate surface area is 124 Å². The van der Waals surface area contributed by atoms with Crippen LogP contribution in [0.15, 0.2) is 30.3 Å².